The van der Waals surface area contributed by atoms with Crippen LogP contribution in [-0.4, -0.2) is 39.7 Å². The summed E-state index contributed by atoms with van der Waals surface area (Å²) >= 11 is 0. The van der Waals surface area contributed by atoms with Gasteiger partial charge in [0.15, 0.2) is 0 Å². The summed E-state index contributed by atoms with van der Waals surface area (Å²) in [4.78, 5) is 19.3. The van der Waals surface area contributed by atoms with E-state index in [9.17, 15) is 4.79 Å². The van der Waals surface area contributed by atoms with Crippen molar-refractivity contribution in [2.75, 3.05) is 6.61 Å². The minimum absolute atomic E-state index is 0.00842. The van der Waals surface area contributed by atoms with E-state index in [-0.39, 0.29) is 24.6 Å². The van der Waals surface area contributed by atoms with E-state index in [0.717, 1.165) is 17.8 Å². The third kappa shape index (κ3) is 3.08. The number of hydrogen-bond donors (Lipinski definition) is 4. The van der Waals surface area contributed by atoms with Gasteiger partial charge in [-0.2, -0.15) is 0 Å². The highest BCUT2D eigenvalue weighted by Crippen LogP contribution is 2.12. The molecule has 0 fully saturated rings. The van der Waals surface area contributed by atoms with E-state index in [0.29, 0.717) is 19.4 Å². The molecule has 0 radical (unpaired) electrons. The molecule has 1 amide bonds. The van der Waals surface area contributed by atoms with E-state index in [2.05, 4.69) is 20.6 Å². The zero-order valence-electron chi connectivity index (χ0n) is 10.6. The Balaban J connectivity index is 1.84. The van der Waals surface area contributed by atoms with Crippen molar-refractivity contribution in [1.29, 1.82) is 0 Å². The molecule has 6 nitrogen and oxygen atoms in total. The highest BCUT2D eigenvalue weighted by atomic mass is 16.3. The van der Waals surface area contributed by atoms with E-state index in [4.69, 9.17) is 5.11 Å². The SMILES string of the molecule is CC(CCCO)NC(=O)C1Cc2nc[nH]c2CN1. The lowest BCUT2D eigenvalue weighted by molar-refractivity contribution is -0.124. The average Bonchev–Trinajstić information content (AvgIpc) is 2.83. The molecule has 0 spiro atoms. The molecule has 0 aliphatic carbocycles. The van der Waals surface area contributed by atoms with E-state index >= 15 is 0 Å². The smallest absolute Gasteiger partial charge is 0.237 e. The van der Waals surface area contributed by atoms with Gasteiger partial charge >= 0.3 is 0 Å². The van der Waals surface area contributed by atoms with Crippen LogP contribution in [0.4, 0.5) is 0 Å². The van der Waals surface area contributed by atoms with Crippen molar-refractivity contribution in [3.8, 4) is 0 Å². The van der Waals surface area contributed by atoms with Crippen LogP contribution in [0.25, 0.3) is 0 Å². The van der Waals surface area contributed by atoms with E-state index in [1.54, 1.807) is 6.33 Å². The van der Waals surface area contributed by atoms with Gasteiger partial charge in [0, 0.05) is 25.6 Å². The van der Waals surface area contributed by atoms with Gasteiger partial charge in [-0.05, 0) is 19.8 Å². The van der Waals surface area contributed by atoms with Crippen LogP contribution in [0.2, 0.25) is 0 Å². The van der Waals surface area contributed by atoms with Crippen molar-refractivity contribution in [3.05, 3.63) is 17.7 Å². The normalized spacial score (nSPS) is 20.2. The lowest BCUT2D eigenvalue weighted by Gasteiger charge is -2.24. The monoisotopic (exact) mass is 252 g/mol. The number of nitrogens with zero attached hydrogens (tertiary/aromatic N) is 1. The summed E-state index contributed by atoms with van der Waals surface area (Å²) in [5.41, 5.74) is 2.03. The van der Waals surface area contributed by atoms with Crippen molar-refractivity contribution in [2.45, 2.75) is 44.8 Å². The first kappa shape index (κ1) is 13.0. The van der Waals surface area contributed by atoms with Crippen LogP contribution >= 0.6 is 0 Å². The fourth-order valence-corrected chi connectivity index (χ4v) is 2.17. The van der Waals surface area contributed by atoms with Crippen molar-refractivity contribution >= 4 is 5.91 Å². The number of H-pyrrole nitrogens is 1. The standard InChI is InChI=1S/C12H20N4O2/c1-8(3-2-4-17)16-12(18)10-5-9-11(6-13-10)15-7-14-9/h7-8,10,13,17H,2-6H2,1H3,(H,14,15)(H,16,18). The Kier molecular flexibility index (Phi) is 4.33. The van der Waals surface area contributed by atoms with Gasteiger partial charge in [0.25, 0.3) is 0 Å². The van der Waals surface area contributed by atoms with Gasteiger partial charge < -0.3 is 15.4 Å². The van der Waals surface area contributed by atoms with Crippen molar-refractivity contribution in [3.63, 3.8) is 0 Å². The number of amides is 1. The van der Waals surface area contributed by atoms with Crippen molar-refractivity contribution in [1.82, 2.24) is 20.6 Å². The van der Waals surface area contributed by atoms with Gasteiger partial charge in [0.1, 0.15) is 0 Å². The number of rotatable bonds is 5. The van der Waals surface area contributed by atoms with Crippen molar-refractivity contribution in [2.24, 2.45) is 0 Å². The van der Waals surface area contributed by atoms with Crippen LogP contribution in [0.5, 0.6) is 0 Å². The number of aliphatic hydroxyl groups is 1. The van der Waals surface area contributed by atoms with Gasteiger partial charge in [0.2, 0.25) is 5.91 Å². The largest absolute Gasteiger partial charge is 0.396 e. The third-order valence-electron chi connectivity index (χ3n) is 3.23. The number of carbonyl (C=O) groups excluding carboxylic acids is 1. The zero-order valence-corrected chi connectivity index (χ0v) is 10.6. The fraction of sp³-hybridized carbons (Fsp3) is 0.667. The topological polar surface area (TPSA) is 90.0 Å². The van der Waals surface area contributed by atoms with E-state index < -0.39 is 0 Å². The molecular formula is C12H20N4O2. The number of aromatic nitrogens is 2. The molecule has 2 atom stereocenters. The molecule has 0 saturated carbocycles. The van der Waals surface area contributed by atoms with Gasteiger partial charge in [-0.1, -0.05) is 0 Å². The maximum atomic E-state index is 12.0. The second-order valence-corrected chi connectivity index (χ2v) is 4.74. The summed E-state index contributed by atoms with van der Waals surface area (Å²) in [6.45, 7) is 2.77. The Morgan fingerprint density at radius 3 is 3.33 bits per heavy atom. The van der Waals surface area contributed by atoms with Crippen LogP contribution in [-0.2, 0) is 17.8 Å². The molecule has 4 N–H and O–H groups in total. The molecule has 0 saturated heterocycles. The summed E-state index contributed by atoms with van der Waals surface area (Å²) in [7, 11) is 0. The molecule has 18 heavy (non-hydrogen) atoms. The number of aliphatic hydroxyl groups excluding tert-OH is 1. The highest BCUT2D eigenvalue weighted by molar-refractivity contribution is 5.82. The average molecular weight is 252 g/mol. The van der Waals surface area contributed by atoms with Crippen LogP contribution < -0.4 is 10.6 Å². The van der Waals surface area contributed by atoms with Gasteiger partial charge in [-0.15, -0.1) is 0 Å². The van der Waals surface area contributed by atoms with Gasteiger partial charge in [-0.25, -0.2) is 4.98 Å². The predicted molar refractivity (Wildman–Crippen MR) is 66.8 cm³/mol. The maximum Gasteiger partial charge on any atom is 0.237 e. The molecule has 0 bridgehead atoms. The summed E-state index contributed by atoms with van der Waals surface area (Å²) in [5, 5.41) is 14.9. The summed E-state index contributed by atoms with van der Waals surface area (Å²) < 4.78 is 0. The lowest BCUT2D eigenvalue weighted by atomic mass is 10.0. The molecule has 1 aliphatic rings. The maximum absolute atomic E-state index is 12.0. The fourth-order valence-electron chi connectivity index (χ4n) is 2.17. The molecule has 2 heterocycles. The molecule has 2 rings (SSSR count). The summed E-state index contributed by atoms with van der Waals surface area (Å²) in [6.07, 6.45) is 3.79. The number of carbonyl (C=O) groups is 1. The first-order valence-corrected chi connectivity index (χ1v) is 6.36. The number of fused-ring (bicyclic) bond motifs is 1. The molecule has 6 heteroatoms. The van der Waals surface area contributed by atoms with E-state index in [1.165, 1.54) is 0 Å². The summed E-state index contributed by atoms with van der Waals surface area (Å²) in [5.74, 6) is 0.00842. The quantitative estimate of drug-likeness (QED) is 0.579. The Labute approximate surface area is 106 Å². The van der Waals surface area contributed by atoms with Gasteiger partial charge in [-0.3, -0.25) is 10.1 Å². The predicted octanol–water partition coefficient (Wildman–Crippen LogP) is -0.299. The number of imidazole rings is 1. The second-order valence-electron chi connectivity index (χ2n) is 4.74. The van der Waals surface area contributed by atoms with Gasteiger partial charge in [0.05, 0.1) is 23.8 Å². The minimum atomic E-state index is -0.211. The molecule has 1 aliphatic heterocycles. The van der Waals surface area contributed by atoms with Crippen LogP contribution in [0, 0.1) is 0 Å². The van der Waals surface area contributed by atoms with Crippen LogP contribution in [0.3, 0.4) is 0 Å². The highest BCUT2D eigenvalue weighted by Gasteiger charge is 2.26. The van der Waals surface area contributed by atoms with Crippen LogP contribution in [0.1, 0.15) is 31.2 Å². The minimum Gasteiger partial charge on any atom is -0.396 e. The Morgan fingerprint density at radius 2 is 2.56 bits per heavy atom. The summed E-state index contributed by atoms with van der Waals surface area (Å²) in [6, 6.07) is -0.121. The lowest BCUT2D eigenvalue weighted by Crippen LogP contribution is -2.49. The third-order valence-corrected chi connectivity index (χ3v) is 3.23. The Morgan fingerprint density at radius 1 is 1.72 bits per heavy atom. The molecule has 1 aromatic rings. The molecule has 2 unspecified atom stereocenters. The number of aromatic amines is 1. The Bertz CT molecular complexity index is 405. The number of nitrogens with one attached hydrogen (secondary N) is 3. The van der Waals surface area contributed by atoms with Crippen molar-refractivity contribution < 1.29 is 9.90 Å². The zero-order chi connectivity index (χ0) is 13.0. The van der Waals surface area contributed by atoms with Crippen LogP contribution in [0.15, 0.2) is 6.33 Å². The molecule has 100 valence electrons. The molecular weight excluding hydrogens is 232 g/mol. The second kappa shape index (κ2) is 5.97. The van der Waals surface area contributed by atoms with E-state index in [1.807, 2.05) is 6.92 Å². The molecule has 1 aromatic heterocycles. The molecule has 0 aromatic carbocycles. The first-order chi connectivity index (χ1) is 8.70. The number of hydrogen-bond acceptors (Lipinski definition) is 4. The Hall–Kier alpha value is -1.40. The first-order valence-electron chi connectivity index (χ1n) is 6.36.